The number of aromatic nitrogens is 3. The van der Waals surface area contributed by atoms with Crippen molar-refractivity contribution in [3.05, 3.63) is 86.9 Å². The van der Waals surface area contributed by atoms with Crippen LogP contribution in [-0.4, -0.2) is 18.8 Å². The predicted octanol–water partition coefficient (Wildman–Crippen LogP) is 2.33. The summed E-state index contributed by atoms with van der Waals surface area (Å²) in [6.07, 6.45) is 1.70. The Kier molecular flexibility index (Phi) is 4.24. The van der Waals surface area contributed by atoms with Gasteiger partial charge in [-0.2, -0.15) is 0 Å². The Morgan fingerprint density at radius 3 is 2.32 bits per heavy atom. The van der Waals surface area contributed by atoms with Crippen LogP contribution >= 0.6 is 0 Å². The Labute approximate surface area is 159 Å². The van der Waals surface area contributed by atoms with E-state index in [9.17, 15) is 19.1 Å². The van der Waals surface area contributed by atoms with Crippen molar-refractivity contribution in [3.8, 4) is 16.9 Å². The first-order valence-corrected chi connectivity index (χ1v) is 8.70. The third-order valence-electron chi connectivity index (χ3n) is 4.98. The third kappa shape index (κ3) is 2.59. The van der Waals surface area contributed by atoms with Gasteiger partial charge in [-0.15, -0.1) is 0 Å². The van der Waals surface area contributed by atoms with Gasteiger partial charge in [0.15, 0.2) is 0 Å². The highest BCUT2D eigenvalue weighted by atomic mass is 19.1. The molecule has 0 aliphatic heterocycles. The van der Waals surface area contributed by atoms with E-state index < -0.39 is 11.2 Å². The zero-order chi connectivity index (χ0) is 20.0. The van der Waals surface area contributed by atoms with Crippen molar-refractivity contribution < 1.29 is 9.50 Å². The number of para-hydroxylation sites is 1. The van der Waals surface area contributed by atoms with Crippen molar-refractivity contribution in [1.82, 2.24) is 13.7 Å². The maximum Gasteiger partial charge on any atom is 0.330 e. The monoisotopic (exact) mass is 379 g/mol. The molecule has 2 aromatic carbocycles. The fraction of sp³-hybridized carbons (Fsp3) is 0.143. The Morgan fingerprint density at radius 2 is 1.64 bits per heavy atom. The van der Waals surface area contributed by atoms with Gasteiger partial charge in [0.25, 0.3) is 5.56 Å². The van der Waals surface area contributed by atoms with Gasteiger partial charge in [0.1, 0.15) is 5.82 Å². The van der Waals surface area contributed by atoms with Gasteiger partial charge < -0.3 is 9.67 Å². The van der Waals surface area contributed by atoms with E-state index in [1.165, 1.54) is 23.7 Å². The third-order valence-corrected chi connectivity index (χ3v) is 4.98. The van der Waals surface area contributed by atoms with E-state index in [2.05, 4.69) is 0 Å². The molecule has 1 N–H and O–H groups in total. The van der Waals surface area contributed by atoms with Gasteiger partial charge in [0, 0.05) is 25.9 Å². The van der Waals surface area contributed by atoms with Crippen molar-refractivity contribution in [3.63, 3.8) is 0 Å². The molecule has 0 spiro atoms. The fourth-order valence-corrected chi connectivity index (χ4v) is 3.50. The molecule has 0 saturated carbocycles. The Morgan fingerprint density at radius 1 is 0.964 bits per heavy atom. The van der Waals surface area contributed by atoms with Gasteiger partial charge in [0.05, 0.1) is 28.9 Å². The number of nitrogens with zero attached hydrogens (tertiary/aromatic N) is 3. The molecule has 4 aromatic rings. The Balaban J connectivity index is 2.22. The molecule has 142 valence electrons. The Bertz CT molecular complexity index is 1310. The van der Waals surface area contributed by atoms with Crippen LogP contribution in [0.2, 0.25) is 0 Å². The molecular weight excluding hydrogens is 361 g/mol. The summed E-state index contributed by atoms with van der Waals surface area (Å²) in [5.41, 5.74) is 2.09. The number of rotatable bonds is 3. The second-order valence-corrected chi connectivity index (χ2v) is 6.61. The molecule has 2 heterocycles. The van der Waals surface area contributed by atoms with Crippen molar-refractivity contribution in [2.24, 2.45) is 14.1 Å². The summed E-state index contributed by atoms with van der Waals surface area (Å²) in [4.78, 5) is 25.4. The minimum Gasteiger partial charge on any atom is -0.392 e. The number of halogens is 1. The number of fused-ring (bicyclic) bond motifs is 1. The average Bonchev–Trinajstić information content (AvgIpc) is 3.11. The van der Waals surface area contributed by atoms with Gasteiger partial charge >= 0.3 is 5.69 Å². The minimum absolute atomic E-state index is 0.190. The summed E-state index contributed by atoms with van der Waals surface area (Å²) >= 11 is 0. The molecule has 0 unspecified atom stereocenters. The molecule has 0 atom stereocenters. The SMILES string of the molecule is Cn1c(=O)c2c(-c3ccc(F)cc3)n(-c3ccccc3CO)cc2n(C)c1=O. The van der Waals surface area contributed by atoms with Crippen LogP contribution in [0.3, 0.4) is 0 Å². The number of hydrogen-bond donors (Lipinski definition) is 1. The molecule has 0 bridgehead atoms. The Hall–Kier alpha value is -3.45. The smallest absolute Gasteiger partial charge is 0.330 e. The molecule has 0 aliphatic rings. The standard InChI is InChI=1S/C21H18FN3O3/c1-23-17-11-25(16-6-4-3-5-14(16)12-26)19(13-7-9-15(22)10-8-13)18(17)20(27)24(2)21(23)28/h3-11,26H,12H2,1-2H3. The summed E-state index contributed by atoms with van der Waals surface area (Å²) in [5.74, 6) is -0.387. The lowest BCUT2D eigenvalue weighted by Gasteiger charge is -2.13. The summed E-state index contributed by atoms with van der Waals surface area (Å²) < 4.78 is 17.7. The van der Waals surface area contributed by atoms with Crippen LogP contribution in [0, 0.1) is 5.82 Å². The second kappa shape index (κ2) is 6.61. The van der Waals surface area contributed by atoms with E-state index >= 15 is 0 Å². The number of hydrogen-bond acceptors (Lipinski definition) is 3. The molecule has 7 heteroatoms. The van der Waals surface area contributed by atoms with E-state index in [-0.39, 0.29) is 12.4 Å². The highest BCUT2D eigenvalue weighted by Gasteiger charge is 2.21. The molecule has 0 amide bonds. The van der Waals surface area contributed by atoms with Crippen LogP contribution in [0.5, 0.6) is 0 Å². The lowest BCUT2D eigenvalue weighted by atomic mass is 10.1. The van der Waals surface area contributed by atoms with Gasteiger partial charge in [-0.1, -0.05) is 18.2 Å². The fourth-order valence-electron chi connectivity index (χ4n) is 3.50. The normalized spacial score (nSPS) is 11.3. The number of aliphatic hydroxyl groups is 1. The first-order chi connectivity index (χ1) is 13.4. The van der Waals surface area contributed by atoms with Crippen LogP contribution in [0.25, 0.3) is 27.8 Å². The van der Waals surface area contributed by atoms with Gasteiger partial charge in [0.2, 0.25) is 0 Å². The quantitative estimate of drug-likeness (QED) is 0.594. The number of aliphatic hydroxyl groups excluding tert-OH is 1. The van der Waals surface area contributed by atoms with E-state index in [1.54, 1.807) is 36.0 Å². The molecule has 0 aliphatic carbocycles. The highest BCUT2D eigenvalue weighted by Crippen LogP contribution is 2.32. The summed E-state index contributed by atoms with van der Waals surface area (Å²) in [7, 11) is 3.03. The van der Waals surface area contributed by atoms with E-state index in [0.717, 1.165) is 4.57 Å². The summed E-state index contributed by atoms with van der Waals surface area (Å²) in [5, 5.41) is 10.1. The highest BCUT2D eigenvalue weighted by molar-refractivity contribution is 5.94. The predicted molar refractivity (Wildman–Crippen MR) is 105 cm³/mol. The molecular formula is C21H18FN3O3. The molecule has 4 rings (SSSR count). The van der Waals surface area contributed by atoms with Crippen LogP contribution in [0.4, 0.5) is 4.39 Å². The molecule has 0 saturated heterocycles. The maximum atomic E-state index is 13.5. The first-order valence-electron chi connectivity index (χ1n) is 8.70. The van der Waals surface area contributed by atoms with E-state index in [0.29, 0.717) is 33.4 Å². The molecule has 28 heavy (non-hydrogen) atoms. The van der Waals surface area contributed by atoms with Crippen molar-refractivity contribution in [2.45, 2.75) is 6.61 Å². The largest absolute Gasteiger partial charge is 0.392 e. The topological polar surface area (TPSA) is 69.2 Å². The lowest BCUT2D eigenvalue weighted by molar-refractivity contribution is 0.281. The van der Waals surface area contributed by atoms with E-state index in [4.69, 9.17) is 0 Å². The second-order valence-electron chi connectivity index (χ2n) is 6.61. The minimum atomic E-state index is -0.434. The molecule has 2 aromatic heterocycles. The maximum absolute atomic E-state index is 13.5. The van der Waals surface area contributed by atoms with Crippen molar-refractivity contribution in [2.75, 3.05) is 0 Å². The molecule has 0 radical (unpaired) electrons. The van der Waals surface area contributed by atoms with Crippen LogP contribution in [0.1, 0.15) is 5.56 Å². The summed E-state index contributed by atoms with van der Waals surface area (Å²) in [6.45, 7) is -0.190. The van der Waals surface area contributed by atoms with Gasteiger partial charge in [-0.05, 0) is 35.9 Å². The van der Waals surface area contributed by atoms with Gasteiger partial charge in [-0.25, -0.2) is 9.18 Å². The van der Waals surface area contributed by atoms with Crippen molar-refractivity contribution >= 4 is 10.9 Å². The first kappa shape index (κ1) is 17.9. The molecule has 6 nitrogen and oxygen atoms in total. The van der Waals surface area contributed by atoms with Crippen LogP contribution < -0.4 is 11.2 Å². The molecule has 0 fully saturated rings. The van der Waals surface area contributed by atoms with Crippen molar-refractivity contribution in [1.29, 1.82) is 0 Å². The number of benzene rings is 2. The van der Waals surface area contributed by atoms with Crippen LogP contribution in [0.15, 0.2) is 64.3 Å². The zero-order valence-electron chi connectivity index (χ0n) is 15.4. The summed E-state index contributed by atoms with van der Waals surface area (Å²) in [6, 6.07) is 13.1. The number of aryl methyl sites for hydroxylation is 1. The lowest BCUT2D eigenvalue weighted by Crippen LogP contribution is -2.36. The zero-order valence-corrected chi connectivity index (χ0v) is 15.4. The van der Waals surface area contributed by atoms with Gasteiger partial charge in [-0.3, -0.25) is 13.9 Å². The van der Waals surface area contributed by atoms with E-state index in [1.807, 2.05) is 18.2 Å². The van der Waals surface area contributed by atoms with Crippen LogP contribution in [-0.2, 0) is 20.7 Å². The average molecular weight is 379 g/mol.